The molecule has 2 aromatic rings. The normalized spacial score (nSPS) is 19.5. The number of carbonyl (C=O) groups excluding carboxylic acids is 1. The summed E-state index contributed by atoms with van der Waals surface area (Å²) < 4.78 is 1.33. The minimum Gasteiger partial charge on any atom is -0.337 e. The van der Waals surface area contributed by atoms with Gasteiger partial charge in [0.15, 0.2) is 0 Å². The number of benzene rings is 1. The third-order valence-electron chi connectivity index (χ3n) is 4.60. The third-order valence-corrected chi connectivity index (χ3v) is 4.60. The molecule has 7 heteroatoms. The minimum absolute atomic E-state index is 0. The van der Waals surface area contributed by atoms with Crippen LogP contribution >= 0.6 is 12.4 Å². The predicted molar refractivity (Wildman–Crippen MR) is 99.0 cm³/mol. The molecule has 1 atom stereocenters. The van der Waals surface area contributed by atoms with E-state index in [0.29, 0.717) is 31.9 Å². The van der Waals surface area contributed by atoms with Crippen LogP contribution in [0.3, 0.4) is 0 Å². The third kappa shape index (κ3) is 4.27. The summed E-state index contributed by atoms with van der Waals surface area (Å²) in [6.07, 6.45) is 0.888. The molecule has 6 nitrogen and oxygen atoms in total. The van der Waals surface area contributed by atoms with Gasteiger partial charge in [-0.25, -0.2) is 4.68 Å². The molecule has 1 aliphatic heterocycles. The second kappa shape index (κ2) is 7.80. The molecule has 134 valence electrons. The van der Waals surface area contributed by atoms with Crippen molar-refractivity contribution in [1.82, 2.24) is 14.7 Å². The van der Waals surface area contributed by atoms with Crippen LogP contribution in [0.25, 0.3) is 0 Å². The van der Waals surface area contributed by atoms with Crippen LogP contribution in [0.2, 0.25) is 0 Å². The van der Waals surface area contributed by atoms with Crippen LogP contribution in [0.15, 0.2) is 47.3 Å². The molecule has 25 heavy (non-hydrogen) atoms. The Bertz CT molecular complexity index is 793. The Hall–Kier alpha value is -2.18. The molecule has 3 rings (SSSR count). The molecule has 0 bridgehead atoms. The van der Waals surface area contributed by atoms with Crippen molar-refractivity contribution < 1.29 is 4.79 Å². The standard InChI is InChI=1S/C18H22N4O2.ClH/c1-18(12-19)9-10-21(13-18)17(24)15-7-8-16(23)22(20-15)11-14-5-3-2-4-6-14;/h2-8H,9-13,19H2,1H3;1H. The molecule has 0 saturated carbocycles. The highest BCUT2D eigenvalue weighted by molar-refractivity contribution is 5.92. The zero-order valence-electron chi connectivity index (χ0n) is 14.2. The lowest BCUT2D eigenvalue weighted by Crippen LogP contribution is -2.36. The van der Waals surface area contributed by atoms with Crippen LogP contribution < -0.4 is 11.3 Å². The largest absolute Gasteiger partial charge is 0.337 e. The fraction of sp³-hybridized carbons (Fsp3) is 0.389. The van der Waals surface area contributed by atoms with Crippen LogP contribution in [0.4, 0.5) is 0 Å². The van der Waals surface area contributed by atoms with E-state index in [4.69, 9.17) is 5.73 Å². The Balaban J connectivity index is 0.00000225. The molecular formula is C18H23ClN4O2. The van der Waals surface area contributed by atoms with E-state index in [1.807, 2.05) is 30.3 Å². The van der Waals surface area contributed by atoms with Crippen molar-refractivity contribution in [1.29, 1.82) is 0 Å². The van der Waals surface area contributed by atoms with Gasteiger partial charge in [-0.3, -0.25) is 9.59 Å². The van der Waals surface area contributed by atoms with Gasteiger partial charge >= 0.3 is 0 Å². The van der Waals surface area contributed by atoms with E-state index < -0.39 is 0 Å². The maximum Gasteiger partial charge on any atom is 0.274 e. The van der Waals surface area contributed by atoms with Gasteiger partial charge in [-0.15, -0.1) is 12.4 Å². The number of rotatable bonds is 4. The number of nitrogens with two attached hydrogens (primary N) is 1. The number of carbonyl (C=O) groups is 1. The quantitative estimate of drug-likeness (QED) is 0.894. The van der Waals surface area contributed by atoms with E-state index in [2.05, 4.69) is 12.0 Å². The summed E-state index contributed by atoms with van der Waals surface area (Å²) in [6.45, 7) is 4.29. The van der Waals surface area contributed by atoms with E-state index in [1.165, 1.54) is 16.8 Å². The van der Waals surface area contributed by atoms with E-state index in [9.17, 15) is 9.59 Å². The first kappa shape index (κ1) is 19.1. The zero-order chi connectivity index (χ0) is 17.2. The fourth-order valence-electron chi connectivity index (χ4n) is 2.96. The molecule has 0 aliphatic carbocycles. The minimum atomic E-state index is -0.219. The fourth-order valence-corrected chi connectivity index (χ4v) is 2.96. The number of nitrogens with zero attached hydrogens (tertiary/aromatic N) is 3. The van der Waals surface area contributed by atoms with E-state index in [1.54, 1.807) is 4.90 Å². The monoisotopic (exact) mass is 362 g/mol. The molecule has 1 unspecified atom stereocenters. The van der Waals surface area contributed by atoms with Crippen molar-refractivity contribution in [3.05, 3.63) is 64.1 Å². The maximum absolute atomic E-state index is 12.7. The first-order valence-corrected chi connectivity index (χ1v) is 8.12. The molecule has 1 aromatic heterocycles. The number of amides is 1. The lowest BCUT2D eigenvalue weighted by atomic mass is 9.90. The van der Waals surface area contributed by atoms with E-state index >= 15 is 0 Å². The first-order valence-electron chi connectivity index (χ1n) is 8.12. The van der Waals surface area contributed by atoms with Gasteiger partial charge < -0.3 is 10.6 Å². The Morgan fingerprint density at radius 1 is 1.24 bits per heavy atom. The lowest BCUT2D eigenvalue weighted by Gasteiger charge is -2.22. The van der Waals surface area contributed by atoms with Crippen LogP contribution in [0, 0.1) is 5.41 Å². The summed E-state index contributed by atoms with van der Waals surface area (Å²) in [5.41, 5.74) is 6.81. The first-order chi connectivity index (χ1) is 11.5. The highest BCUT2D eigenvalue weighted by Gasteiger charge is 2.35. The van der Waals surface area contributed by atoms with Gasteiger partial charge in [0.1, 0.15) is 5.69 Å². The van der Waals surface area contributed by atoms with Gasteiger partial charge in [0.25, 0.3) is 11.5 Å². The summed E-state index contributed by atoms with van der Waals surface area (Å²) in [7, 11) is 0. The van der Waals surface area contributed by atoms with Crippen molar-refractivity contribution in [2.75, 3.05) is 19.6 Å². The van der Waals surface area contributed by atoms with Gasteiger partial charge in [-0.05, 0) is 30.0 Å². The van der Waals surface area contributed by atoms with Crippen molar-refractivity contribution in [2.24, 2.45) is 11.1 Å². The Morgan fingerprint density at radius 2 is 1.96 bits per heavy atom. The summed E-state index contributed by atoms with van der Waals surface area (Å²) >= 11 is 0. The predicted octanol–water partition coefficient (Wildman–Crippen LogP) is 1.52. The molecule has 2 N–H and O–H groups in total. The second-order valence-electron chi connectivity index (χ2n) is 6.69. The van der Waals surface area contributed by atoms with Crippen LogP contribution in [-0.4, -0.2) is 40.2 Å². The zero-order valence-corrected chi connectivity index (χ0v) is 15.0. The molecular weight excluding hydrogens is 340 g/mol. The van der Waals surface area contributed by atoms with Crippen molar-refractivity contribution in [2.45, 2.75) is 19.9 Å². The molecule has 1 fully saturated rings. The Morgan fingerprint density at radius 3 is 2.60 bits per heavy atom. The summed E-state index contributed by atoms with van der Waals surface area (Å²) in [4.78, 5) is 26.5. The number of aromatic nitrogens is 2. The van der Waals surface area contributed by atoms with Gasteiger partial charge in [0.05, 0.1) is 6.54 Å². The van der Waals surface area contributed by atoms with Crippen molar-refractivity contribution >= 4 is 18.3 Å². The van der Waals surface area contributed by atoms with Crippen molar-refractivity contribution in [3.8, 4) is 0 Å². The van der Waals surface area contributed by atoms with E-state index in [0.717, 1.165) is 12.0 Å². The van der Waals surface area contributed by atoms with Crippen LogP contribution in [-0.2, 0) is 6.54 Å². The van der Waals surface area contributed by atoms with Gasteiger partial charge in [-0.1, -0.05) is 37.3 Å². The number of hydrogen-bond acceptors (Lipinski definition) is 4. The molecule has 1 amide bonds. The number of likely N-dealkylation sites (tertiary alicyclic amines) is 1. The average molecular weight is 363 g/mol. The Labute approximate surface area is 153 Å². The van der Waals surface area contributed by atoms with Crippen LogP contribution in [0.5, 0.6) is 0 Å². The molecule has 1 saturated heterocycles. The summed E-state index contributed by atoms with van der Waals surface area (Å²) in [5.74, 6) is -0.144. The molecule has 0 radical (unpaired) electrons. The molecule has 0 spiro atoms. The Kier molecular flexibility index (Phi) is 5.98. The van der Waals surface area contributed by atoms with Gasteiger partial charge in [0, 0.05) is 19.2 Å². The molecule has 1 aromatic carbocycles. The number of halogens is 1. The highest BCUT2D eigenvalue weighted by Crippen LogP contribution is 2.29. The maximum atomic E-state index is 12.7. The topological polar surface area (TPSA) is 81.2 Å². The SMILES string of the molecule is CC1(CN)CCN(C(=O)c2ccc(=O)n(Cc3ccccc3)n2)C1.Cl. The second-order valence-corrected chi connectivity index (χ2v) is 6.69. The lowest BCUT2D eigenvalue weighted by molar-refractivity contribution is 0.0768. The van der Waals surface area contributed by atoms with Gasteiger partial charge in [0.2, 0.25) is 0 Å². The average Bonchev–Trinajstić information content (AvgIpc) is 3.00. The smallest absolute Gasteiger partial charge is 0.274 e. The summed E-state index contributed by atoms with van der Waals surface area (Å²) in [6, 6.07) is 12.5. The van der Waals surface area contributed by atoms with Gasteiger partial charge in [-0.2, -0.15) is 5.10 Å². The highest BCUT2D eigenvalue weighted by atomic mass is 35.5. The molecule has 1 aliphatic rings. The summed E-state index contributed by atoms with van der Waals surface area (Å²) in [5, 5.41) is 4.27. The van der Waals surface area contributed by atoms with E-state index in [-0.39, 0.29) is 29.3 Å². The van der Waals surface area contributed by atoms with Crippen molar-refractivity contribution in [3.63, 3.8) is 0 Å². The van der Waals surface area contributed by atoms with Crippen LogP contribution in [0.1, 0.15) is 29.4 Å². The number of hydrogen-bond donors (Lipinski definition) is 1. The molecule has 2 heterocycles.